The van der Waals surface area contributed by atoms with Crippen molar-refractivity contribution < 1.29 is 35.9 Å². The van der Waals surface area contributed by atoms with Crippen molar-refractivity contribution in [3.8, 4) is 11.6 Å². The number of pyridine rings is 1. The van der Waals surface area contributed by atoms with Crippen molar-refractivity contribution >= 4 is 39.0 Å². The molecule has 1 aliphatic rings. The minimum atomic E-state index is -3.39. The summed E-state index contributed by atoms with van der Waals surface area (Å²) >= 11 is 0. The molecule has 3 N–H and O–H groups in total. The SMILES string of the molecule is Cc1nc(Oc2ccc(NS(C)(=O)=O)cc2)ccc1CN1CCC(N(C(=O)Nc2cc(C(=O)NC(C)C)c(F)cc2F)c2cccc(F)c2)CC1. The minimum Gasteiger partial charge on any atom is -0.439 e. The zero-order valence-electron chi connectivity index (χ0n) is 28.5. The van der Waals surface area contributed by atoms with Crippen LogP contribution in [-0.2, 0) is 16.6 Å². The number of halogens is 3. The van der Waals surface area contributed by atoms with E-state index in [9.17, 15) is 31.2 Å². The van der Waals surface area contributed by atoms with Crippen LogP contribution in [0.3, 0.4) is 0 Å². The summed E-state index contributed by atoms with van der Waals surface area (Å²) in [7, 11) is -3.39. The molecule has 1 aliphatic heterocycles. The largest absolute Gasteiger partial charge is 0.439 e. The Labute approximate surface area is 294 Å². The first kappa shape index (κ1) is 37.1. The summed E-state index contributed by atoms with van der Waals surface area (Å²) in [5, 5.41) is 5.03. The van der Waals surface area contributed by atoms with Crippen LogP contribution >= 0.6 is 0 Å². The number of piperidine rings is 1. The van der Waals surface area contributed by atoms with Crippen LogP contribution in [-0.4, -0.2) is 61.7 Å². The van der Waals surface area contributed by atoms with Gasteiger partial charge in [-0.05, 0) is 87.7 Å². The number of rotatable bonds is 11. The van der Waals surface area contributed by atoms with Gasteiger partial charge in [0.15, 0.2) is 0 Å². The average Bonchev–Trinajstić information content (AvgIpc) is 3.04. The molecule has 0 bridgehead atoms. The van der Waals surface area contributed by atoms with Crippen LogP contribution in [0.2, 0.25) is 0 Å². The zero-order chi connectivity index (χ0) is 36.9. The van der Waals surface area contributed by atoms with E-state index in [1.54, 1.807) is 50.2 Å². The Balaban J connectivity index is 1.25. The van der Waals surface area contributed by atoms with Crippen LogP contribution in [0.4, 0.5) is 35.0 Å². The molecule has 11 nitrogen and oxygen atoms in total. The Morgan fingerprint density at radius 3 is 2.31 bits per heavy atom. The van der Waals surface area contributed by atoms with Crippen molar-refractivity contribution in [3.05, 3.63) is 107 Å². The molecule has 0 aliphatic carbocycles. The number of aryl methyl sites for hydroxylation is 1. The Kier molecular flexibility index (Phi) is 11.5. The van der Waals surface area contributed by atoms with Crippen molar-refractivity contribution in [1.82, 2.24) is 15.2 Å². The van der Waals surface area contributed by atoms with Crippen LogP contribution in [0.15, 0.2) is 72.8 Å². The molecule has 0 saturated carbocycles. The van der Waals surface area contributed by atoms with Crippen LogP contribution in [0, 0.1) is 24.4 Å². The summed E-state index contributed by atoms with van der Waals surface area (Å²) in [6, 6.07) is 15.7. The number of aromatic nitrogens is 1. The molecular weight excluding hydrogens is 685 g/mol. The number of nitrogens with one attached hydrogen (secondary N) is 3. The van der Waals surface area contributed by atoms with Crippen molar-refractivity contribution in [1.29, 1.82) is 0 Å². The number of carbonyl (C=O) groups is 2. The fourth-order valence-electron chi connectivity index (χ4n) is 5.75. The Morgan fingerprint density at radius 2 is 1.69 bits per heavy atom. The van der Waals surface area contributed by atoms with Gasteiger partial charge in [-0.25, -0.2) is 31.4 Å². The third-order valence-electron chi connectivity index (χ3n) is 8.13. The number of nitrogens with zero attached hydrogens (tertiary/aromatic N) is 3. The maximum absolute atomic E-state index is 14.9. The molecule has 0 spiro atoms. The third kappa shape index (κ3) is 9.98. The first-order chi connectivity index (χ1) is 24.1. The number of hydrogen-bond acceptors (Lipinski definition) is 7. The summed E-state index contributed by atoms with van der Waals surface area (Å²) in [4.78, 5) is 34.4. The van der Waals surface area contributed by atoms with Gasteiger partial charge < -0.3 is 15.4 Å². The predicted molar refractivity (Wildman–Crippen MR) is 189 cm³/mol. The smallest absolute Gasteiger partial charge is 0.326 e. The van der Waals surface area contributed by atoms with E-state index in [0.717, 1.165) is 23.6 Å². The second-order valence-electron chi connectivity index (χ2n) is 12.6. The number of carbonyl (C=O) groups excluding carboxylic acids is 2. The molecule has 4 aromatic rings. The van der Waals surface area contributed by atoms with Gasteiger partial charge in [0.1, 0.15) is 23.2 Å². The van der Waals surface area contributed by atoms with Crippen molar-refractivity contribution in [2.45, 2.75) is 52.2 Å². The molecule has 0 radical (unpaired) electrons. The van der Waals surface area contributed by atoms with Crippen LogP contribution in [0.5, 0.6) is 11.6 Å². The third-order valence-corrected chi connectivity index (χ3v) is 8.74. The Morgan fingerprint density at radius 1 is 0.980 bits per heavy atom. The molecular formula is C36H39F3N6O5S. The van der Waals surface area contributed by atoms with Crippen molar-refractivity contribution in [2.24, 2.45) is 0 Å². The molecule has 3 amide bonds. The molecule has 0 unspecified atom stereocenters. The summed E-state index contributed by atoms with van der Waals surface area (Å²) in [5.41, 5.74) is 1.60. The van der Waals surface area contributed by atoms with Gasteiger partial charge >= 0.3 is 6.03 Å². The lowest BCUT2D eigenvalue weighted by Gasteiger charge is -2.38. The van der Waals surface area contributed by atoms with Gasteiger partial charge in [0.05, 0.1) is 17.5 Å². The second kappa shape index (κ2) is 15.8. The number of amides is 3. The lowest BCUT2D eigenvalue weighted by molar-refractivity contribution is 0.0939. The molecule has 2 heterocycles. The van der Waals surface area contributed by atoms with Crippen molar-refractivity contribution in [2.75, 3.05) is 34.3 Å². The lowest BCUT2D eigenvalue weighted by Crippen LogP contribution is -2.49. The topological polar surface area (TPSA) is 133 Å². The standard InChI is InChI=1S/C36H39F3N6O5S/c1-22(2)40-35(46)30-19-33(32(39)20-31(30)38)42-36(47)45(28-7-5-6-25(37)18-28)27-14-16-44(17-15-27)21-24-8-13-34(41-23(24)3)50-29-11-9-26(10-12-29)43-51(4,48)49/h5-13,18-20,22,27,43H,14-17,21H2,1-4H3,(H,40,46)(H,42,47). The monoisotopic (exact) mass is 724 g/mol. The van der Waals surface area contributed by atoms with E-state index in [1.807, 2.05) is 13.0 Å². The van der Waals surface area contributed by atoms with E-state index in [4.69, 9.17) is 4.74 Å². The van der Waals surface area contributed by atoms with E-state index in [1.165, 1.54) is 23.1 Å². The minimum absolute atomic E-state index is 0.267. The quantitative estimate of drug-likeness (QED) is 0.155. The first-order valence-electron chi connectivity index (χ1n) is 16.3. The van der Waals surface area contributed by atoms with Crippen LogP contribution < -0.4 is 25.0 Å². The zero-order valence-corrected chi connectivity index (χ0v) is 29.4. The molecule has 0 atom stereocenters. The molecule has 51 heavy (non-hydrogen) atoms. The Hall–Kier alpha value is -5.15. The van der Waals surface area contributed by atoms with E-state index in [-0.39, 0.29) is 23.5 Å². The molecule has 5 rings (SSSR count). The number of anilines is 3. The van der Waals surface area contributed by atoms with E-state index >= 15 is 0 Å². The van der Waals surface area contributed by atoms with Gasteiger partial charge in [-0.15, -0.1) is 0 Å². The molecule has 15 heteroatoms. The summed E-state index contributed by atoms with van der Waals surface area (Å²) < 4.78 is 74.9. The highest BCUT2D eigenvalue weighted by Gasteiger charge is 2.31. The van der Waals surface area contributed by atoms with E-state index < -0.39 is 45.0 Å². The van der Waals surface area contributed by atoms with Gasteiger partial charge in [0, 0.05) is 60.9 Å². The number of benzene rings is 3. The van der Waals surface area contributed by atoms with E-state index in [0.29, 0.717) is 55.9 Å². The summed E-state index contributed by atoms with van der Waals surface area (Å²) in [5.74, 6) is -2.57. The molecule has 1 aromatic heterocycles. The highest BCUT2D eigenvalue weighted by atomic mass is 32.2. The summed E-state index contributed by atoms with van der Waals surface area (Å²) in [6.45, 7) is 7.01. The maximum atomic E-state index is 14.9. The molecule has 270 valence electrons. The fraction of sp³-hybridized carbons (Fsp3) is 0.306. The van der Waals surface area contributed by atoms with Gasteiger partial charge in [-0.1, -0.05) is 12.1 Å². The lowest BCUT2D eigenvalue weighted by atomic mass is 10.0. The van der Waals surface area contributed by atoms with Gasteiger partial charge in [-0.2, -0.15) is 0 Å². The number of sulfonamides is 1. The number of likely N-dealkylation sites (tertiary alicyclic amines) is 1. The van der Waals surface area contributed by atoms with Crippen LogP contribution in [0.1, 0.15) is 48.3 Å². The average molecular weight is 725 g/mol. The number of hydrogen-bond donors (Lipinski definition) is 3. The molecule has 3 aromatic carbocycles. The maximum Gasteiger partial charge on any atom is 0.326 e. The van der Waals surface area contributed by atoms with E-state index in [2.05, 4.69) is 25.2 Å². The number of urea groups is 1. The Bertz CT molecular complexity index is 2010. The first-order valence-corrected chi connectivity index (χ1v) is 18.1. The predicted octanol–water partition coefficient (Wildman–Crippen LogP) is 6.81. The van der Waals surface area contributed by atoms with Gasteiger partial charge in [0.2, 0.25) is 15.9 Å². The van der Waals surface area contributed by atoms with Crippen molar-refractivity contribution in [3.63, 3.8) is 0 Å². The number of ether oxygens (including phenoxy) is 1. The van der Waals surface area contributed by atoms with Gasteiger partial charge in [-0.3, -0.25) is 19.3 Å². The summed E-state index contributed by atoms with van der Waals surface area (Å²) in [6.07, 6.45) is 2.09. The second-order valence-corrected chi connectivity index (χ2v) is 14.4. The fourth-order valence-corrected chi connectivity index (χ4v) is 6.31. The highest BCUT2D eigenvalue weighted by Crippen LogP contribution is 2.29. The highest BCUT2D eigenvalue weighted by molar-refractivity contribution is 7.92. The van der Waals surface area contributed by atoms with Gasteiger partial charge in [0.25, 0.3) is 5.91 Å². The normalized spacial score (nSPS) is 13.9. The van der Waals surface area contributed by atoms with Crippen LogP contribution in [0.25, 0.3) is 0 Å². The molecule has 1 saturated heterocycles. The molecule has 1 fully saturated rings.